The van der Waals surface area contributed by atoms with Crippen LogP contribution < -0.4 is 10.1 Å². The molecule has 1 N–H and O–H groups in total. The fourth-order valence-electron chi connectivity index (χ4n) is 2.10. The summed E-state index contributed by atoms with van der Waals surface area (Å²) in [6.45, 7) is 2.92. The van der Waals surface area contributed by atoms with Gasteiger partial charge in [-0.05, 0) is 23.9 Å². The molecule has 0 aliphatic heterocycles. The Hall–Kier alpha value is -1.47. The van der Waals surface area contributed by atoms with Gasteiger partial charge in [0.15, 0.2) is 5.82 Å². The maximum absolute atomic E-state index is 5.46. The number of halogens is 1. The molecule has 0 fully saturated rings. The van der Waals surface area contributed by atoms with Gasteiger partial charge in [0, 0.05) is 22.5 Å². The molecule has 1 aromatic heterocycles. The monoisotopic (exact) mass is 339 g/mol. The van der Waals surface area contributed by atoms with Crippen molar-refractivity contribution in [2.45, 2.75) is 19.4 Å². The highest BCUT2D eigenvalue weighted by atomic mass is 79.9. The molecule has 1 aromatic carbocycles. The van der Waals surface area contributed by atoms with E-state index < -0.39 is 0 Å². The molecule has 0 aliphatic rings. The van der Waals surface area contributed by atoms with E-state index in [1.807, 2.05) is 18.2 Å². The van der Waals surface area contributed by atoms with Gasteiger partial charge in [0.1, 0.15) is 5.75 Å². The summed E-state index contributed by atoms with van der Waals surface area (Å²) < 4.78 is 6.46. The average Bonchev–Trinajstić information content (AvgIpc) is 2.83. The number of rotatable bonds is 6. The average molecular weight is 340 g/mol. The Morgan fingerprint density at radius 3 is 2.85 bits per heavy atom. The minimum Gasteiger partial charge on any atom is -0.496 e. The van der Waals surface area contributed by atoms with Crippen molar-refractivity contribution in [3.05, 3.63) is 34.1 Å². The number of methoxy groups -OCH3 is 1. The van der Waals surface area contributed by atoms with Gasteiger partial charge in [-0.15, -0.1) is 10.2 Å². The standard InChI is InChI=1S/C13H18BrN5O/c1-4-15-11(8-13-16-18-19(2)17-13)10-6-5-9(14)7-12(10)20-3/h5-7,11,15H,4,8H2,1-3H3. The van der Waals surface area contributed by atoms with E-state index in [0.717, 1.165) is 22.3 Å². The molecular formula is C13H18BrN5O. The first-order valence-corrected chi connectivity index (χ1v) is 7.23. The molecule has 0 amide bonds. The number of nitrogens with zero attached hydrogens (tertiary/aromatic N) is 4. The normalized spacial score (nSPS) is 12.4. The van der Waals surface area contributed by atoms with Crippen molar-refractivity contribution in [1.82, 2.24) is 25.5 Å². The lowest BCUT2D eigenvalue weighted by Crippen LogP contribution is -2.24. The Bertz CT molecular complexity index is 572. The summed E-state index contributed by atoms with van der Waals surface area (Å²) in [7, 11) is 3.44. The third-order valence-corrected chi connectivity index (χ3v) is 3.45. The molecule has 0 bridgehead atoms. The lowest BCUT2D eigenvalue weighted by Gasteiger charge is -2.19. The van der Waals surface area contributed by atoms with Gasteiger partial charge in [0.25, 0.3) is 0 Å². The lowest BCUT2D eigenvalue weighted by atomic mass is 10.0. The van der Waals surface area contributed by atoms with Gasteiger partial charge in [-0.2, -0.15) is 4.80 Å². The summed E-state index contributed by atoms with van der Waals surface area (Å²) in [6, 6.07) is 6.11. The van der Waals surface area contributed by atoms with Crippen molar-refractivity contribution < 1.29 is 4.74 Å². The molecule has 2 aromatic rings. The second kappa shape index (κ2) is 6.81. The number of nitrogens with one attached hydrogen (secondary N) is 1. The van der Waals surface area contributed by atoms with E-state index in [4.69, 9.17) is 4.74 Å². The number of hydrogen-bond donors (Lipinski definition) is 1. The maximum Gasteiger partial charge on any atom is 0.176 e. The predicted molar refractivity (Wildman–Crippen MR) is 79.6 cm³/mol. The largest absolute Gasteiger partial charge is 0.496 e. The van der Waals surface area contributed by atoms with Gasteiger partial charge < -0.3 is 10.1 Å². The first-order chi connectivity index (χ1) is 9.63. The molecule has 20 heavy (non-hydrogen) atoms. The van der Waals surface area contributed by atoms with Gasteiger partial charge in [0.2, 0.25) is 0 Å². The molecule has 2 rings (SSSR count). The summed E-state index contributed by atoms with van der Waals surface area (Å²) in [5, 5.41) is 15.6. The smallest absolute Gasteiger partial charge is 0.176 e. The molecule has 7 heteroatoms. The molecule has 0 aliphatic carbocycles. The molecule has 0 saturated carbocycles. The molecule has 108 valence electrons. The van der Waals surface area contributed by atoms with Crippen LogP contribution in [0.25, 0.3) is 0 Å². The van der Waals surface area contributed by atoms with E-state index in [0.29, 0.717) is 12.2 Å². The van der Waals surface area contributed by atoms with E-state index in [1.54, 1.807) is 14.2 Å². The van der Waals surface area contributed by atoms with Crippen molar-refractivity contribution in [2.24, 2.45) is 7.05 Å². The topological polar surface area (TPSA) is 64.9 Å². The fraction of sp³-hybridized carbons (Fsp3) is 0.462. The van der Waals surface area contributed by atoms with Crippen LogP contribution in [0.1, 0.15) is 24.4 Å². The van der Waals surface area contributed by atoms with Crippen LogP contribution in [0.3, 0.4) is 0 Å². The van der Waals surface area contributed by atoms with Gasteiger partial charge >= 0.3 is 0 Å². The number of tetrazole rings is 1. The SMILES string of the molecule is CCNC(Cc1nnn(C)n1)c1ccc(Br)cc1OC. The number of aryl methyl sites for hydroxylation is 1. The minimum absolute atomic E-state index is 0.0900. The highest BCUT2D eigenvalue weighted by Gasteiger charge is 2.18. The first kappa shape index (κ1) is 14.9. The minimum atomic E-state index is 0.0900. The molecule has 0 spiro atoms. The quantitative estimate of drug-likeness (QED) is 0.870. The van der Waals surface area contributed by atoms with Crippen LogP contribution in [0.4, 0.5) is 0 Å². The Morgan fingerprint density at radius 1 is 1.45 bits per heavy atom. The van der Waals surface area contributed by atoms with Gasteiger partial charge in [-0.3, -0.25) is 0 Å². The van der Waals surface area contributed by atoms with Gasteiger partial charge in [-0.25, -0.2) is 0 Å². The van der Waals surface area contributed by atoms with Crippen LogP contribution in [-0.4, -0.2) is 33.9 Å². The Balaban J connectivity index is 2.28. The van der Waals surface area contributed by atoms with Crippen LogP contribution in [0, 0.1) is 0 Å². The number of likely N-dealkylation sites (N-methyl/N-ethyl adjacent to an activating group) is 1. The zero-order chi connectivity index (χ0) is 14.5. The highest BCUT2D eigenvalue weighted by Crippen LogP contribution is 2.29. The molecular weight excluding hydrogens is 322 g/mol. The van der Waals surface area contributed by atoms with Crippen LogP contribution >= 0.6 is 15.9 Å². The van der Waals surface area contributed by atoms with Crippen molar-refractivity contribution in [3.63, 3.8) is 0 Å². The molecule has 1 atom stereocenters. The van der Waals surface area contributed by atoms with Crippen molar-refractivity contribution in [1.29, 1.82) is 0 Å². The summed E-state index contributed by atoms with van der Waals surface area (Å²) in [6.07, 6.45) is 0.666. The van der Waals surface area contributed by atoms with Gasteiger partial charge in [-0.1, -0.05) is 28.9 Å². The van der Waals surface area contributed by atoms with Crippen molar-refractivity contribution in [3.8, 4) is 5.75 Å². The van der Waals surface area contributed by atoms with Crippen molar-refractivity contribution in [2.75, 3.05) is 13.7 Å². The molecule has 1 heterocycles. The summed E-state index contributed by atoms with van der Waals surface area (Å²) >= 11 is 3.46. The number of benzene rings is 1. The highest BCUT2D eigenvalue weighted by molar-refractivity contribution is 9.10. The van der Waals surface area contributed by atoms with Crippen LogP contribution in [0.5, 0.6) is 5.75 Å². The predicted octanol–water partition coefficient (Wildman–Crippen LogP) is 1.87. The number of aromatic nitrogens is 4. The first-order valence-electron chi connectivity index (χ1n) is 6.43. The van der Waals surface area contributed by atoms with Crippen LogP contribution in [0.2, 0.25) is 0 Å². The van der Waals surface area contributed by atoms with Gasteiger partial charge in [0.05, 0.1) is 14.2 Å². The van der Waals surface area contributed by atoms with Crippen LogP contribution in [0.15, 0.2) is 22.7 Å². The van der Waals surface area contributed by atoms with Crippen LogP contribution in [-0.2, 0) is 13.5 Å². The zero-order valence-electron chi connectivity index (χ0n) is 11.8. The fourth-order valence-corrected chi connectivity index (χ4v) is 2.44. The molecule has 1 unspecified atom stereocenters. The summed E-state index contributed by atoms with van der Waals surface area (Å²) in [4.78, 5) is 1.47. The van der Waals surface area contributed by atoms with E-state index in [2.05, 4.69) is 43.6 Å². The zero-order valence-corrected chi connectivity index (χ0v) is 13.4. The molecule has 6 nitrogen and oxygen atoms in total. The third-order valence-electron chi connectivity index (χ3n) is 2.96. The van der Waals surface area contributed by atoms with E-state index >= 15 is 0 Å². The third kappa shape index (κ3) is 3.55. The van der Waals surface area contributed by atoms with E-state index in [-0.39, 0.29) is 6.04 Å². The van der Waals surface area contributed by atoms with E-state index in [1.165, 1.54) is 4.80 Å². The van der Waals surface area contributed by atoms with E-state index in [9.17, 15) is 0 Å². The second-order valence-corrected chi connectivity index (χ2v) is 5.31. The number of hydrogen-bond acceptors (Lipinski definition) is 5. The Kier molecular flexibility index (Phi) is 5.08. The summed E-state index contributed by atoms with van der Waals surface area (Å²) in [5.41, 5.74) is 1.09. The number of ether oxygens (including phenoxy) is 1. The maximum atomic E-state index is 5.46. The molecule has 0 radical (unpaired) electrons. The molecule has 0 saturated heterocycles. The summed E-state index contributed by atoms with van der Waals surface area (Å²) in [5.74, 6) is 1.55. The van der Waals surface area contributed by atoms with Crippen molar-refractivity contribution >= 4 is 15.9 Å². The second-order valence-electron chi connectivity index (χ2n) is 4.40. The Morgan fingerprint density at radius 2 is 2.25 bits per heavy atom. The Labute approximate surface area is 126 Å². The lowest BCUT2D eigenvalue weighted by molar-refractivity contribution is 0.398.